The van der Waals surface area contributed by atoms with Crippen molar-refractivity contribution >= 4 is 5.91 Å². The molecule has 0 aromatic carbocycles. The third kappa shape index (κ3) is 3.27. The number of piperazine rings is 1. The van der Waals surface area contributed by atoms with Gasteiger partial charge in [-0.2, -0.15) is 0 Å². The molecule has 1 fully saturated rings. The minimum absolute atomic E-state index is 0.229. The van der Waals surface area contributed by atoms with Gasteiger partial charge < -0.3 is 9.80 Å². The highest BCUT2D eigenvalue weighted by Crippen LogP contribution is 2.05. The van der Waals surface area contributed by atoms with Crippen LogP contribution < -0.4 is 0 Å². The summed E-state index contributed by atoms with van der Waals surface area (Å²) >= 11 is 0. The van der Waals surface area contributed by atoms with Crippen LogP contribution in [0.15, 0.2) is 24.5 Å². The molecule has 1 amide bonds. The molecule has 1 aliphatic rings. The average Bonchev–Trinajstić information content (AvgIpc) is 2.40. The summed E-state index contributed by atoms with van der Waals surface area (Å²) in [5.74, 6) is 0.229. The van der Waals surface area contributed by atoms with Gasteiger partial charge in [-0.1, -0.05) is 6.92 Å². The molecule has 0 spiro atoms. The largest absolute Gasteiger partial charge is 0.340 e. The van der Waals surface area contributed by atoms with Crippen molar-refractivity contribution in [1.82, 2.24) is 14.8 Å². The number of pyridine rings is 1. The first-order valence-electron chi connectivity index (χ1n) is 6.18. The van der Waals surface area contributed by atoms with E-state index in [9.17, 15) is 4.79 Å². The van der Waals surface area contributed by atoms with Crippen molar-refractivity contribution in [1.29, 1.82) is 0 Å². The quantitative estimate of drug-likeness (QED) is 0.774. The molecule has 0 aliphatic carbocycles. The molecule has 2 heterocycles. The predicted octanol–water partition coefficient (Wildman–Crippen LogP) is 0.788. The van der Waals surface area contributed by atoms with Crippen LogP contribution in [-0.4, -0.2) is 53.4 Å². The second-order valence-corrected chi connectivity index (χ2v) is 4.35. The third-order valence-corrected chi connectivity index (χ3v) is 3.28. The molecule has 1 aromatic rings. The van der Waals surface area contributed by atoms with Crippen molar-refractivity contribution < 1.29 is 4.79 Å². The Morgan fingerprint density at radius 2 is 1.88 bits per heavy atom. The van der Waals surface area contributed by atoms with E-state index in [0.29, 0.717) is 6.42 Å². The Hall–Kier alpha value is -1.42. The smallest absolute Gasteiger partial charge is 0.227 e. The van der Waals surface area contributed by atoms with E-state index in [-0.39, 0.29) is 5.91 Å². The lowest BCUT2D eigenvalue weighted by molar-refractivity contribution is -0.132. The zero-order chi connectivity index (χ0) is 12.1. The molecule has 17 heavy (non-hydrogen) atoms. The summed E-state index contributed by atoms with van der Waals surface area (Å²) < 4.78 is 0. The molecule has 1 saturated heterocycles. The van der Waals surface area contributed by atoms with Gasteiger partial charge in [-0.25, -0.2) is 0 Å². The molecule has 0 atom stereocenters. The highest BCUT2D eigenvalue weighted by atomic mass is 16.2. The van der Waals surface area contributed by atoms with Gasteiger partial charge in [-0.15, -0.1) is 0 Å². The molecule has 4 nitrogen and oxygen atoms in total. The van der Waals surface area contributed by atoms with Gasteiger partial charge in [0, 0.05) is 38.6 Å². The second kappa shape index (κ2) is 5.77. The van der Waals surface area contributed by atoms with Gasteiger partial charge in [0.15, 0.2) is 0 Å². The van der Waals surface area contributed by atoms with Crippen molar-refractivity contribution in [3.8, 4) is 0 Å². The number of nitrogens with zero attached hydrogens (tertiary/aromatic N) is 3. The van der Waals surface area contributed by atoms with E-state index in [4.69, 9.17) is 0 Å². The summed E-state index contributed by atoms with van der Waals surface area (Å²) in [6, 6.07) is 3.81. The zero-order valence-corrected chi connectivity index (χ0v) is 10.3. The van der Waals surface area contributed by atoms with Gasteiger partial charge in [0.05, 0.1) is 6.42 Å². The molecule has 1 aliphatic heterocycles. The fraction of sp³-hybridized carbons (Fsp3) is 0.538. The van der Waals surface area contributed by atoms with Crippen molar-refractivity contribution in [3.63, 3.8) is 0 Å². The van der Waals surface area contributed by atoms with Crippen molar-refractivity contribution in [3.05, 3.63) is 30.1 Å². The first-order valence-corrected chi connectivity index (χ1v) is 6.18. The van der Waals surface area contributed by atoms with E-state index >= 15 is 0 Å². The fourth-order valence-electron chi connectivity index (χ4n) is 2.10. The van der Waals surface area contributed by atoms with Crippen molar-refractivity contribution in [2.24, 2.45) is 0 Å². The van der Waals surface area contributed by atoms with Gasteiger partial charge in [-0.05, 0) is 24.2 Å². The SMILES string of the molecule is CCN1CCN(C(=O)Cc2ccncc2)CC1. The zero-order valence-electron chi connectivity index (χ0n) is 10.3. The van der Waals surface area contributed by atoms with Crippen LogP contribution >= 0.6 is 0 Å². The fourth-order valence-corrected chi connectivity index (χ4v) is 2.10. The lowest BCUT2D eigenvalue weighted by atomic mass is 10.1. The van der Waals surface area contributed by atoms with Gasteiger partial charge in [0.2, 0.25) is 5.91 Å². The number of amides is 1. The Labute approximate surface area is 102 Å². The van der Waals surface area contributed by atoms with Gasteiger partial charge in [-0.3, -0.25) is 9.78 Å². The third-order valence-electron chi connectivity index (χ3n) is 3.28. The van der Waals surface area contributed by atoms with Crippen LogP contribution in [0.4, 0.5) is 0 Å². The molecule has 0 unspecified atom stereocenters. The number of carbonyl (C=O) groups excluding carboxylic acids is 1. The number of hydrogen-bond donors (Lipinski definition) is 0. The molecule has 1 aromatic heterocycles. The van der Waals surface area contributed by atoms with E-state index in [2.05, 4.69) is 16.8 Å². The summed E-state index contributed by atoms with van der Waals surface area (Å²) in [7, 11) is 0. The van der Waals surface area contributed by atoms with Crippen LogP contribution in [0.3, 0.4) is 0 Å². The molecule has 0 radical (unpaired) electrons. The molecular formula is C13H19N3O. The Morgan fingerprint density at radius 3 is 2.47 bits per heavy atom. The maximum atomic E-state index is 12.0. The maximum Gasteiger partial charge on any atom is 0.227 e. The molecule has 4 heteroatoms. The van der Waals surface area contributed by atoms with Gasteiger partial charge in [0.1, 0.15) is 0 Å². The molecular weight excluding hydrogens is 214 g/mol. The number of hydrogen-bond acceptors (Lipinski definition) is 3. The first kappa shape index (κ1) is 12.0. The van der Waals surface area contributed by atoms with Crippen molar-refractivity contribution in [2.75, 3.05) is 32.7 Å². The number of rotatable bonds is 3. The second-order valence-electron chi connectivity index (χ2n) is 4.35. The van der Waals surface area contributed by atoms with E-state index in [1.165, 1.54) is 0 Å². The van der Waals surface area contributed by atoms with Crippen LogP contribution in [0.5, 0.6) is 0 Å². The van der Waals surface area contributed by atoms with E-state index in [0.717, 1.165) is 38.3 Å². The first-order chi connectivity index (χ1) is 8.29. The molecule has 92 valence electrons. The Kier molecular flexibility index (Phi) is 4.09. The van der Waals surface area contributed by atoms with Gasteiger partial charge >= 0.3 is 0 Å². The van der Waals surface area contributed by atoms with Crippen molar-refractivity contribution in [2.45, 2.75) is 13.3 Å². The van der Waals surface area contributed by atoms with E-state index in [1.54, 1.807) is 12.4 Å². The molecule has 2 rings (SSSR count). The highest BCUT2D eigenvalue weighted by molar-refractivity contribution is 5.78. The maximum absolute atomic E-state index is 12.0. The summed E-state index contributed by atoms with van der Waals surface area (Å²) in [6.45, 7) is 6.95. The molecule has 0 saturated carbocycles. The van der Waals surface area contributed by atoms with Crippen LogP contribution in [-0.2, 0) is 11.2 Å². The molecule has 0 N–H and O–H groups in total. The lowest BCUT2D eigenvalue weighted by Crippen LogP contribution is -2.48. The van der Waals surface area contributed by atoms with E-state index < -0.39 is 0 Å². The average molecular weight is 233 g/mol. The lowest BCUT2D eigenvalue weighted by Gasteiger charge is -2.34. The monoisotopic (exact) mass is 233 g/mol. The minimum atomic E-state index is 0.229. The Balaban J connectivity index is 1.85. The Bertz CT molecular complexity index is 358. The number of aromatic nitrogens is 1. The van der Waals surface area contributed by atoms with Crippen LogP contribution in [0.1, 0.15) is 12.5 Å². The number of carbonyl (C=O) groups is 1. The predicted molar refractivity (Wildman–Crippen MR) is 66.6 cm³/mol. The van der Waals surface area contributed by atoms with E-state index in [1.807, 2.05) is 17.0 Å². The summed E-state index contributed by atoms with van der Waals surface area (Å²) in [5, 5.41) is 0. The number of likely N-dealkylation sites (N-methyl/N-ethyl adjacent to an activating group) is 1. The van der Waals surface area contributed by atoms with Crippen LogP contribution in [0.2, 0.25) is 0 Å². The highest BCUT2D eigenvalue weighted by Gasteiger charge is 2.19. The normalized spacial score (nSPS) is 17.1. The summed E-state index contributed by atoms with van der Waals surface area (Å²) in [5.41, 5.74) is 1.04. The standard InChI is InChI=1S/C13H19N3O/c1-2-15-7-9-16(10-8-15)13(17)11-12-3-5-14-6-4-12/h3-6H,2,7-11H2,1H3. The topological polar surface area (TPSA) is 36.4 Å². The minimum Gasteiger partial charge on any atom is -0.340 e. The summed E-state index contributed by atoms with van der Waals surface area (Å²) in [6.07, 6.45) is 3.96. The van der Waals surface area contributed by atoms with Crippen LogP contribution in [0, 0.1) is 0 Å². The Morgan fingerprint density at radius 1 is 1.24 bits per heavy atom. The van der Waals surface area contributed by atoms with Crippen LogP contribution in [0.25, 0.3) is 0 Å². The molecule has 0 bridgehead atoms. The van der Waals surface area contributed by atoms with Gasteiger partial charge in [0.25, 0.3) is 0 Å². The summed E-state index contributed by atoms with van der Waals surface area (Å²) in [4.78, 5) is 20.3.